The summed E-state index contributed by atoms with van der Waals surface area (Å²) in [5.41, 5.74) is 25.6. The fourth-order valence-electron chi connectivity index (χ4n) is 13.8. The summed E-state index contributed by atoms with van der Waals surface area (Å²) in [5.74, 6) is 0. The fourth-order valence-corrected chi connectivity index (χ4v) is 13.8. The molecule has 2 unspecified atom stereocenters. The SMILES string of the molecule is CC1(C)c2cccc3c2B2c4c(cc(N5c6ccc(-c7ccccc7)cc6C6(C)CCCCC56C)cc4N(c4ccc(-c5ccccc5)cc4)c4cccc1c42)N3c1ccc(-c2ccccc2)cc1. The molecule has 0 N–H and O–H groups in total. The van der Waals surface area contributed by atoms with E-state index in [1.165, 1.54) is 125 Å². The Hall–Kier alpha value is -7.56. The average molecular weight is 888 g/mol. The summed E-state index contributed by atoms with van der Waals surface area (Å²) >= 11 is 0. The molecular weight excluding hydrogens is 834 g/mol. The van der Waals surface area contributed by atoms with Crippen LogP contribution in [0.2, 0.25) is 0 Å². The second-order valence-electron chi connectivity index (χ2n) is 21.2. The Morgan fingerprint density at radius 1 is 0.348 bits per heavy atom. The molecule has 0 spiro atoms. The van der Waals surface area contributed by atoms with E-state index in [1.54, 1.807) is 0 Å². The lowest BCUT2D eigenvalue weighted by molar-refractivity contribution is 0.195. The van der Waals surface area contributed by atoms with Gasteiger partial charge in [0.25, 0.3) is 6.71 Å². The van der Waals surface area contributed by atoms with Crippen LogP contribution in [0.1, 0.15) is 70.1 Å². The van der Waals surface area contributed by atoms with Gasteiger partial charge in [-0.15, -0.1) is 0 Å². The highest BCUT2D eigenvalue weighted by molar-refractivity contribution is 7.01. The van der Waals surface area contributed by atoms with Gasteiger partial charge >= 0.3 is 0 Å². The minimum absolute atomic E-state index is 0.0453. The summed E-state index contributed by atoms with van der Waals surface area (Å²) in [5, 5.41) is 0. The minimum Gasteiger partial charge on any atom is -0.334 e. The van der Waals surface area contributed by atoms with Crippen LogP contribution < -0.4 is 31.1 Å². The Morgan fingerprint density at radius 2 is 0.797 bits per heavy atom. The van der Waals surface area contributed by atoms with Crippen molar-refractivity contribution in [3.05, 3.63) is 223 Å². The number of nitrogens with zero attached hydrogens (tertiary/aromatic N) is 3. The normalized spacial score (nSPS) is 19.8. The van der Waals surface area contributed by atoms with Gasteiger partial charge in [0.15, 0.2) is 0 Å². The highest BCUT2D eigenvalue weighted by Gasteiger charge is 2.58. The molecule has 0 bridgehead atoms. The maximum Gasteiger partial charge on any atom is 0.252 e. The molecule has 332 valence electrons. The van der Waals surface area contributed by atoms with E-state index in [-0.39, 0.29) is 23.1 Å². The lowest BCUT2D eigenvalue weighted by Crippen LogP contribution is -2.67. The van der Waals surface area contributed by atoms with Crippen molar-refractivity contribution in [1.82, 2.24) is 0 Å². The Balaban J connectivity index is 1.06. The zero-order valence-corrected chi connectivity index (χ0v) is 39.9. The summed E-state index contributed by atoms with van der Waals surface area (Å²) in [7, 11) is 0. The second-order valence-corrected chi connectivity index (χ2v) is 21.2. The highest BCUT2D eigenvalue weighted by Crippen LogP contribution is 2.62. The van der Waals surface area contributed by atoms with Gasteiger partial charge in [-0.2, -0.15) is 0 Å². The van der Waals surface area contributed by atoms with E-state index in [4.69, 9.17) is 0 Å². The first kappa shape index (κ1) is 40.5. The second kappa shape index (κ2) is 14.7. The first-order chi connectivity index (χ1) is 33.7. The van der Waals surface area contributed by atoms with Crippen LogP contribution in [0.25, 0.3) is 33.4 Å². The van der Waals surface area contributed by atoms with Crippen molar-refractivity contribution < 1.29 is 0 Å². The van der Waals surface area contributed by atoms with E-state index in [2.05, 4.69) is 249 Å². The van der Waals surface area contributed by atoms with Crippen molar-refractivity contribution in [2.75, 3.05) is 14.7 Å². The summed E-state index contributed by atoms with van der Waals surface area (Å²) in [6.45, 7) is 10.1. The van der Waals surface area contributed by atoms with E-state index in [0.29, 0.717) is 0 Å². The van der Waals surface area contributed by atoms with E-state index < -0.39 is 0 Å². The van der Waals surface area contributed by atoms with Crippen LogP contribution in [0, 0.1) is 0 Å². The van der Waals surface area contributed by atoms with Crippen molar-refractivity contribution in [1.29, 1.82) is 0 Å². The molecule has 3 nitrogen and oxygen atoms in total. The predicted octanol–water partition coefficient (Wildman–Crippen LogP) is 15.2. The lowest BCUT2D eigenvalue weighted by Gasteiger charge is -2.52. The number of hydrogen-bond acceptors (Lipinski definition) is 3. The van der Waals surface area contributed by atoms with Gasteiger partial charge in [0, 0.05) is 56.3 Å². The molecule has 69 heavy (non-hydrogen) atoms. The monoisotopic (exact) mass is 887 g/mol. The quantitative estimate of drug-likeness (QED) is 0.154. The highest BCUT2D eigenvalue weighted by atomic mass is 15.3. The van der Waals surface area contributed by atoms with Gasteiger partial charge in [-0.25, -0.2) is 0 Å². The molecule has 1 saturated carbocycles. The number of anilines is 8. The van der Waals surface area contributed by atoms with Gasteiger partial charge in [-0.3, -0.25) is 0 Å². The number of benzene rings is 9. The predicted molar refractivity (Wildman–Crippen MR) is 292 cm³/mol. The van der Waals surface area contributed by atoms with Crippen molar-refractivity contribution in [2.24, 2.45) is 0 Å². The molecule has 1 fully saturated rings. The van der Waals surface area contributed by atoms with E-state index >= 15 is 0 Å². The molecule has 4 aliphatic heterocycles. The first-order valence-corrected chi connectivity index (χ1v) is 25.1. The van der Waals surface area contributed by atoms with Crippen LogP contribution in [0.5, 0.6) is 0 Å². The van der Waals surface area contributed by atoms with E-state index in [9.17, 15) is 0 Å². The van der Waals surface area contributed by atoms with E-state index in [1.807, 2.05) is 0 Å². The molecule has 0 aromatic heterocycles. The topological polar surface area (TPSA) is 9.72 Å². The minimum atomic E-state index is -0.217. The third kappa shape index (κ3) is 5.63. The summed E-state index contributed by atoms with van der Waals surface area (Å²) in [4.78, 5) is 8.04. The standard InChI is InChI=1S/C65H54BN3/c1-63(2)52-24-16-26-56-60(52)66-61-53(63)25-17-27-57(61)68(50-35-30-47(31-36-50)44-20-10-6-11-21-44)59-42-51(41-58(62(59)66)67(56)49-33-28-46(29-34-49)43-18-8-5-9-19-43)69-55-37-32-48(45-22-12-7-13-23-45)40-54(55)64(3)38-14-15-39-65(64,69)4/h5-13,16-37,40-42H,14-15,38-39H2,1-4H3. The number of fused-ring (bicyclic) bond motifs is 3. The molecule has 14 rings (SSSR count). The summed E-state index contributed by atoms with van der Waals surface area (Å²) in [6, 6.07) is 78.0. The Bertz CT molecular complexity index is 3350. The summed E-state index contributed by atoms with van der Waals surface area (Å²) in [6.07, 6.45) is 4.73. The molecule has 9 aromatic rings. The zero-order valence-electron chi connectivity index (χ0n) is 39.9. The van der Waals surface area contributed by atoms with Crippen LogP contribution in [0.15, 0.2) is 206 Å². The Morgan fingerprint density at radius 3 is 1.30 bits per heavy atom. The average Bonchev–Trinajstić information content (AvgIpc) is 3.61. The maximum atomic E-state index is 2.79. The van der Waals surface area contributed by atoms with Crippen LogP contribution in [-0.2, 0) is 10.8 Å². The molecule has 2 atom stereocenters. The van der Waals surface area contributed by atoms with E-state index in [0.717, 1.165) is 12.8 Å². The third-order valence-corrected chi connectivity index (χ3v) is 17.4. The van der Waals surface area contributed by atoms with Gasteiger partial charge in [-0.05, 0) is 147 Å². The van der Waals surface area contributed by atoms with Gasteiger partial charge < -0.3 is 14.7 Å². The first-order valence-electron chi connectivity index (χ1n) is 25.1. The van der Waals surface area contributed by atoms with Crippen LogP contribution >= 0.6 is 0 Å². The van der Waals surface area contributed by atoms with Gasteiger partial charge in [0.1, 0.15) is 0 Å². The zero-order chi connectivity index (χ0) is 46.2. The fraction of sp³-hybridized carbons (Fsp3) is 0.169. The summed E-state index contributed by atoms with van der Waals surface area (Å²) < 4.78 is 0. The van der Waals surface area contributed by atoms with Crippen LogP contribution in [0.3, 0.4) is 0 Å². The molecule has 0 saturated heterocycles. The van der Waals surface area contributed by atoms with Crippen molar-refractivity contribution in [2.45, 2.75) is 69.7 Å². The number of rotatable bonds is 6. The van der Waals surface area contributed by atoms with Crippen LogP contribution in [-0.4, -0.2) is 12.3 Å². The molecule has 0 radical (unpaired) electrons. The van der Waals surface area contributed by atoms with Crippen LogP contribution in [0.4, 0.5) is 45.5 Å². The van der Waals surface area contributed by atoms with Gasteiger partial charge in [0.2, 0.25) is 0 Å². The molecule has 9 aromatic carbocycles. The molecule has 4 heteroatoms. The van der Waals surface area contributed by atoms with Gasteiger partial charge in [0.05, 0.1) is 5.54 Å². The molecular formula is C65H54BN3. The third-order valence-electron chi connectivity index (χ3n) is 17.4. The van der Waals surface area contributed by atoms with Crippen molar-refractivity contribution in [3.63, 3.8) is 0 Å². The van der Waals surface area contributed by atoms with Gasteiger partial charge in [-0.1, -0.05) is 179 Å². The molecule has 4 heterocycles. The smallest absolute Gasteiger partial charge is 0.252 e. The molecule has 1 aliphatic carbocycles. The number of hydrogen-bond donors (Lipinski definition) is 0. The lowest BCUT2D eigenvalue weighted by atomic mass is 9.28. The van der Waals surface area contributed by atoms with Crippen molar-refractivity contribution in [3.8, 4) is 33.4 Å². The Labute approximate surface area is 407 Å². The Kier molecular flexibility index (Phi) is 8.64. The molecule has 5 aliphatic rings. The van der Waals surface area contributed by atoms with Crippen molar-refractivity contribution >= 4 is 68.6 Å². The molecule has 0 amide bonds. The maximum absolute atomic E-state index is 2.79. The largest absolute Gasteiger partial charge is 0.334 e.